The molecule has 110 valence electrons. The van der Waals surface area contributed by atoms with Crippen molar-refractivity contribution < 1.29 is 4.79 Å². The van der Waals surface area contributed by atoms with Crippen molar-refractivity contribution in [3.63, 3.8) is 0 Å². The summed E-state index contributed by atoms with van der Waals surface area (Å²) in [5.41, 5.74) is 3.50. The minimum atomic E-state index is -0.744. The number of fused-ring (bicyclic) bond motifs is 3. The molecule has 0 fully saturated rings. The molecule has 0 bridgehead atoms. The number of hydrogen-bond donors (Lipinski definition) is 0. The minimum Gasteiger partial charge on any atom is -0.348 e. The third-order valence-corrected chi connectivity index (χ3v) is 4.45. The highest BCUT2D eigenvalue weighted by Gasteiger charge is 2.49. The number of amides is 1. The number of carbonyl (C=O) groups is 1. The van der Waals surface area contributed by atoms with Crippen LogP contribution in [0.15, 0.2) is 48.5 Å². The van der Waals surface area contributed by atoms with Crippen LogP contribution in [0.4, 0.5) is 0 Å². The van der Waals surface area contributed by atoms with Gasteiger partial charge in [-0.3, -0.25) is 4.79 Å². The lowest BCUT2D eigenvalue weighted by atomic mass is 9.73. The van der Waals surface area contributed by atoms with Crippen LogP contribution in [0.1, 0.15) is 24.0 Å². The summed E-state index contributed by atoms with van der Waals surface area (Å²) < 4.78 is 0. The smallest absolute Gasteiger partial charge is 0.237 e. The fourth-order valence-electron chi connectivity index (χ4n) is 3.56. The number of hydrogen-bond acceptors (Lipinski definition) is 2. The highest BCUT2D eigenvalue weighted by atomic mass is 16.2. The molecule has 2 aromatic rings. The van der Waals surface area contributed by atoms with E-state index >= 15 is 0 Å². The van der Waals surface area contributed by atoms with Crippen LogP contribution < -0.4 is 0 Å². The zero-order valence-electron chi connectivity index (χ0n) is 12.8. The van der Waals surface area contributed by atoms with Gasteiger partial charge in [0.15, 0.2) is 0 Å². The second-order valence-electron chi connectivity index (χ2n) is 5.85. The third-order valence-electron chi connectivity index (χ3n) is 4.45. The molecule has 1 amide bonds. The molecule has 0 saturated heterocycles. The molecule has 0 aliphatic heterocycles. The summed E-state index contributed by atoms with van der Waals surface area (Å²) in [4.78, 5) is 14.8. The third kappa shape index (κ3) is 1.84. The van der Waals surface area contributed by atoms with E-state index in [4.69, 9.17) is 5.26 Å². The molecule has 2 aromatic carbocycles. The molecule has 0 saturated carbocycles. The molecule has 22 heavy (non-hydrogen) atoms. The zero-order valence-corrected chi connectivity index (χ0v) is 12.8. The van der Waals surface area contributed by atoms with Crippen LogP contribution in [0.5, 0.6) is 0 Å². The standard InChI is InChI=1S/C19H18N2O/c1-21(2)18(22)19(12-7-13-20)16-10-5-3-8-14(16)15-9-4-6-11-17(15)19/h3-6,8-11H,7,12H2,1-2H3. The molecule has 3 nitrogen and oxygen atoms in total. The molecule has 0 spiro atoms. The Kier molecular flexibility index (Phi) is 3.46. The Bertz CT molecular complexity index is 725. The van der Waals surface area contributed by atoms with Crippen LogP contribution in [0, 0.1) is 11.3 Å². The maximum Gasteiger partial charge on any atom is 0.237 e. The molecule has 0 radical (unpaired) electrons. The van der Waals surface area contributed by atoms with Gasteiger partial charge in [0, 0.05) is 20.5 Å². The number of nitrogens with zero attached hydrogens (tertiary/aromatic N) is 2. The van der Waals surface area contributed by atoms with Crippen LogP contribution in [-0.2, 0) is 10.2 Å². The number of rotatable bonds is 3. The largest absolute Gasteiger partial charge is 0.348 e. The van der Waals surface area contributed by atoms with E-state index in [2.05, 4.69) is 18.2 Å². The van der Waals surface area contributed by atoms with E-state index in [9.17, 15) is 4.79 Å². The van der Waals surface area contributed by atoms with Crippen LogP contribution in [0.25, 0.3) is 11.1 Å². The maximum atomic E-state index is 13.1. The summed E-state index contributed by atoms with van der Waals surface area (Å²) in [6.45, 7) is 0. The van der Waals surface area contributed by atoms with Gasteiger partial charge >= 0.3 is 0 Å². The average Bonchev–Trinajstić information content (AvgIpc) is 2.84. The lowest BCUT2D eigenvalue weighted by Crippen LogP contribution is -2.43. The monoisotopic (exact) mass is 290 g/mol. The van der Waals surface area contributed by atoms with Crippen molar-refractivity contribution in [1.82, 2.24) is 4.90 Å². The molecule has 0 N–H and O–H groups in total. The molecule has 0 heterocycles. The Hall–Kier alpha value is -2.60. The fourth-order valence-corrected chi connectivity index (χ4v) is 3.56. The van der Waals surface area contributed by atoms with Crippen molar-refractivity contribution >= 4 is 5.91 Å². The summed E-state index contributed by atoms with van der Waals surface area (Å²) in [7, 11) is 3.56. The summed E-state index contributed by atoms with van der Waals surface area (Å²) in [6, 6.07) is 18.3. The Balaban J connectivity index is 2.33. The maximum absolute atomic E-state index is 13.1. The molecule has 0 atom stereocenters. The van der Waals surface area contributed by atoms with Crippen LogP contribution in [0.3, 0.4) is 0 Å². The predicted octanol–water partition coefficient (Wildman–Crippen LogP) is 3.35. The Labute approximate surface area is 130 Å². The number of carbonyl (C=O) groups excluding carboxylic acids is 1. The second-order valence-corrected chi connectivity index (χ2v) is 5.85. The molecule has 0 unspecified atom stereocenters. The van der Waals surface area contributed by atoms with E-state index in [-0.39, 0.29) is 5.91 Å². The summed E-state index contributed by atoms with van der Waals surface area (Å²) in [5.74, 6) is 0.0418. The lowest BCUT2D eigenvalue weighted by molar-refractivity contribution is -0.133. The number of nitriles is 1. The first-order valence-electron chi connectivity index (χ1n) is 7.41. The summed E-state index contributed by atoms with van der Waals surface area (Å²) in [5, 5.41) is 9.08. The first kappa shape index (κ1) is 14.3. The zero-order chi connectivity index (χ0) is 15.7. The first-order valence-corrected chi connectivity index (χ1v) is 7.41. The van der Waals surface area contributed by atoms with Crippen molar-refractivity contribution in [3.05, 3.63) is 59.7 Å². The van der Waals surface area contributed by atoms with E-state index in [1.54, 1.807) is 19.0 Å². The lowest BCUT2D eigenvalue weighted by Gasteiger charge is -2.32. The van der Waals surface area contributed by atoms with Gasteiger partial charge in [-0.15, -0.1) is 0 Å². The van der Waals surface area contributed by atoms with Gasteiger partial charge < -0.3 is 4.90 Å². The highest BCUT2D eigenvalue weighted by molar-refractivity contribution is 6.00. The Morgan fingerprint density at radius 2 is 1.55 bits per heavy atom. The quantitative estimate of drug-likeness (QED) is 0.870. The van der Waals surface area contributed by atoms with Crippen LogP contribution in [-0.4, -0.2) is 24.9 Å². The van der Waals surface area contributed by atoms with E-state index in [0.717, 1.165) is 22.3 Å². The van der Waals surface area contributed by atoms with Crippen molar-refractivity contribution in [3.8, 4) is 17.2 Å². The van der Waals surface area contributed by atoms with Gasteiger partial charge in [0.2, 0.25) is 5.91 Å². The SMILES string of the molecule is CN(C)C(=O)C1(CCC#N)c2ccccc2-c2ccccc21. The summed E-state index contributed by atoms with van der Waals surface area (Å²) >= 11 is 0. The van der Waals surface area contributed by atoms with Gasteiger partial charge in [0.05, 0.1) is 6.07 Å². The average molecular weight is 290 g/mol. The van der Waals surface area contributed by atoms with Crippen LogP contribution >= 0.6 is 0 Å². The molecule has 1 aliphatic rings. The second kappa shape index (κ2) is 5.31. The minimum absolute atomic E-state index is 0.0418. The van der Waals surface area contributed by atoms with Gasteiger partial charge in [0.25, 0.3) is 0 Å². The van der Waals surface area contributed by atoms with Gasteiger partial charge in [-0.05, 0) is 28.7 Å². The van der Waals surface area contributed by atoms with Crippen molar-refractivity contribution in [1.29, 1.82) is 5.26 Å². The van der Waals surface area contributed by atoms with Gasteiger partial charge in [-0.2, -0.15) is 5.26 Å². The summed E-state index contributed by atoms with van der Waals surface area (Å²) in [6.07, 6.45) is 0.858. The van der Waals surface area contributed by atoms with E-state index in [1.807, 2.05) is 36.4 Å². The van der Waals surface area contributed by atoms with E-state index < -0.39 is 5.41 Å². The molecule has 3 rings (SSSR count). The van der Waals surface area contributed by atoms with E-state index in [1.165, 1.54) is 0 Å². The van der Waals surface area contributed by atoms with Gasteiger partial charge in [-0.25, -0.2) is 0 Å². The molecular weight excluding hydrogens is 272 g/mol. The normalized spacial score (nSPS) is 13.9. The first-order chi connectivity index (χ1) is 10.6. The van der Waals surface area contributed by atoms with Crippen molar-refractivity contribution in [2.75, 3.05) is 14.1 Å². The van der Waals surface area contributed by atoms with Gasteiger partial charge in [-0.1, -0.05) is 48.5 Å². The Morgan fingerprint density at radius 3 is 2.00 bits per heavy atom. The van der Waals surface area contributed by atoms with Crippen LogP contribution in [0.2, 0.25) is 0 Å². The number of benzene rings is 2. The van der Waals surface area contributed by atoms with Crippen molar-refractivity contribution in [2.24, 2.45) is 0 Å². The molecular formula is C19H18N2O. The highest BCUT2D eigenvalue weighted by Crippen LogP contribution is 2.51. The topological polar surface area (TPSA) is 44.1 Å². The molecule has 3 heteroatoms. The Morgan fingerprint density at radius 1 is 1.05 bits per heavy atom. The molecule has 0 aromatic heterocycles. The fraction of sp³-hybridized carbons (Fsp3) is 0.263. The number of likely N-dealkylation sites (N-methyl/N-ethyl adjacent to an activating group) is 1. The van der Waals surface area contributed by atoms with Crippen molar-refractivity contribution in [2.45, 2.75) is 18.3 Å². The van der Waals surface area contributed by atoms with Gasteiger partial charge in [0.1, 0.15) is 5.41 Å². The molecule has 1 aliphatic carbocycles. The van der Waals surface area contributed by atoms with E-state index in [0.29, 0.717) is 12.8 Å². The predicted molar refractivity (Wildman–Crippen MR) is 86.2 cm³/mol.